The van der Waals surface area contributed by atoms with E-state index in [-0.39, 0.29) is 10.4 Å². The monoisotopic (exact) mass is 570 g/mol. The van der Waals surface area contributed by atoms with Crippen molar-refractivity contribution in [3.05, 3.63) is 44.5 Å². The molecular formula is C17H10F12O4S2. The number of hydrogen-bond acceptors (Lipinski definition) is 4. The van der Waals surface area contributed by atoms with E-state index in [9.17, 15) is 69.5 Å². The predicted octanol–water partition coefficient (Wildman–Crippen LogP) is 3.89. The van der Waals surface area contributed by atoms with Crippen LogP contribution >= 0.6 is 0 Å². The summed E-state index contributed by atoms with van der Waals surface area (Å²) >= 11 is 0. The Hall–Kier alpha value is -2.24. The van der Waals surface area contributed by atoms with Gasteiger partial charge < -0.3 is 0 Å². The summed E-state index contributed by atoms with van der Waals surface area (Å²) < 4.78 is 205. The lowest BCUT2D eigenvalue weighted by molar-refractivity contribution is -0.418. The van der Waals surface area contributed by atoms with E-state index in [1.807, 2.05) is 0 Å². The number of hydrogen-bond donors (Lipinski definition) is 0. The normalized spacial score (nSPS) is 17.8. The van der Waals surface area contributed by atoms with Gasteiger partial charge in [-0.3, -0.25) is 0 Å². The molecule has 1 aromatic rings. The highest BCUT2D eigenvalue weighted by Gasteiger charge is 2.85. The van der Waals surface area contributed by atoms with Crippen LogP contribution in [0.3, 0.4) is 0 Å². The van der Waals surface area contributed by atoms with Crippen LogP contribution in [-0.2, 0) is 19.7 Å². The van der Waals surface area contributed by atoms with Crippen LogP contribution in [0.25, 0.3) is 12.2 Å². The first-order valence-corrected chi connectivity index (χ1v) is 11.8. The quantitative estimate of drug-likeness (QED) is 0.516. The van der Waals surface area contributed by atoms with Crippen LogP contribution in [0.2, 0.25) is 0 Å². The van der Waals surface area contributed by atoms with E-state index in [4.69, 9.17) is 0 Å². The number of fused-ring (bicyclic) bond motifs is 1. The van der Waals surface area contributed by atoms with E-state index >= 15 is 0 Å². The molecule has 0 bridgehead atoms. The Morgan fingerprint density at radius 1 is 0.714 bits per heavy atom. The van der Waals surface area contributed by atoms with Crippen molar-refractivity contribution < 1.29 is 69.5 Å². The molecule has 0 fully saturated rings. The minimum Gasteiger partial charge on any atom is -0.223 e. The van der Waals surface area contributed by atoms with E-state index in [2.05, 4.69) is 0 Å². The molecule has 0 atom stereocenters. The van der Waals surface area contributed by atoms with Gasteiger partial charge in [-0.1, -0.05) is 30.3 Å². The fourth-order valence-corrected chi connectivity index (χ4v) is 7.39. The zero-order chi connectivity index (χ0) is 27.5. The summed E-state index contributed by atoms with van der Waals surface area (Å²) in [4.78, 5) is 0. The fourth-order valence-electron chi connectivity index (χ4n) is 3.16. The van der Waals surface area contributed by atoms with Crippen molar-refractivity contribution in [1.29, 1.82) is 0 Å². The first-order chi connectivity index (χ1) is 15.4. The van der Waals surface area contributed by atoms with Crippen molar-refractivity contribution in [3.63, 3.8) is 0 Å². The fraction of sp³-hybridized carbons (Fsp3) is 0.412. The summed E-state index contributed by atoms with van der Waals surface area (Å²) in [6, 6.07) is 4.94. The number of halogens is 12. The minimum atomic E-state index is -7.46. The molecule has 0 aliphatic heterocycles. The summed E-state index contributed by atoms with van der Waals surface area (Å²) in [5.74, 6) is -4.12. The van der Waals surface area contributed by atoms with E-state index < -0.39 is 71.1 Å². The molecule has 0 unspecified atom stereocenters. The molecule has 0 N–H and O–H groups in total. The predicted molar refractivity (Wildman–Crippen MR) is 95.6 cm³/mol. The van der Waals surface area contributed by atoms with Gasteiger partial charge in [-0.05, 0) is 28.5 Å². The van der Waals surface area contributed by atoms with Crippen LogP contribution < -0.4 is 10.4 Å². The average molecular weight is 570 g/mol. The van der Waals surface area contributed by atoms with Gasteiger partial charge >= 0.3 is 24.0 Å². The highest BCUT2D eigenvalue weighted by molar-refractivity contribution is 8.14. The van der Waals surface area contributed by atoms with Gasteiger partial charge in [0.25, 0.3) is 15.3 Å². The first-order valence-electron chi connectivity index (χ1n) is 8.64. The van der Waals surface area contributed by atoms with Crippen molar-refractivity contribution in [1.82, 2.24) is 0 Å². The average Bonchev–Trinajstić information content (AvgIpc) is 2.61. The molecule has 35 heavy (non-hydrogen) atoms. The Labute approximate surface area is 188 Å². The molecule has 0 saturated carbocycles. The highest BCUT2D eigenvalue weighted by atomic mass is 32.3. The van der Waals surface area contributed by atoms with Gasteiger partial charge in [0.2, 0.25) is 0 Å². The Kier molecular flexibility index (Phi) is 6.97. The van der Waals surface area contributed by atoms with Gasteiger partial charge in [0, 0.05) is 0 Å². The second-order valence-electron chi connectivity index (χ2n) is 7.10. The maximum Gasteiger partial charge on any atom is 0.502 e. The maximum absolute atomic E-state index is 13.2. The van der Waals surface area contributed by atoms with Gasteiger partial charge in [-0.25, -0.2) is 16.8 Å². The number of rotatable bonds is 4. The third-order valence-electron chi connectivity index (χ3n) is 4.82. The van der Waals surface area contributed by atoms with E-state index in [1.54, 1.807) is 0 Å². The SMILES string of the molecule is O=S(=O)(CC(C(F)(F)F)(C(F)(F)F)C(F)(F)F)/C(=C1/C=c2ccccc2=CC1)S(=O)(=O)C(F)(F)F. The van der Waals surface area contributed by atoms with E-state index in [0.717, 1.165) is 12.1 Å². The van der Waals surface area contributed by atoms with Crippen LogP contribution in [0, 0.1) is 5.41 Å². The molecule has 0 aromatic heterocycles. The van der Waals surface area contributed by atoms with Crippen LogP contribution in [0.5, 0.6) is 0 Å². The third-order valence-corrected chi connectivity index (χ3v) is 9.24. The smallest absolute Gasteiger partial charge is 0.223 e. The molecule has 4 nitrogen and oxygen atoms in total. The molecule has 0 radical (unpaired) electrons. The summed E-state index contributed by atoms with van der Waals surface area (Å²) in [7, 11) is -14.4. The maximum atomic E-state index is 13.2. The lowest BCUT2D eigenvalue weighted by Gasteiger charge is -2.38. The Balaban J connectivity index is 3.02. The third kappa shape index (κ3) is 4.90. The molecule has 0 spiro atoms. The van der Waals surface area contributed by atoms with Crippen LogP contribution in [0.4, 0.5) is 52.7 Å². The van der Waals surface area contributed by atoms with Gasteiger partial charge in [0.1, 0.15) is 0 Å². The second kappa shape index (κ2) is 8.41. The first kappa shape index (κ1) is 29.0. The topological polar surface area (TPSA) is 68.3 Å². The van der Waals surface area contributed by atoms with Crippen LogP contribution in [0.1, 0.15) is 6.42 Å². The largest absolute Gasteiger partial charge is 0.502 e. The van der Waals surface area contributed by atoms with Gasteiger partial charge in [-0.15, -0.1) is 0 Å². The minimum absolute atomic E-state index is 0.160. The number of alkyl halides is 12. The van der Waals surface area contributed by atoms with Crippen LogP contribution in [0.15, 0.2) is 34.1 Å². The molecule has 0 heterocycles. The van der Waals surface area contributed by atoms with Crippen molar-refractivity contribution in [3.8, 4) is 0 Å². The molecule has 0 saturated heterocycles. The summed E-state index contributed by atoms with van der Waals surface area (Å²) in [6.45, 7) is 0. The molecule has 1 aromatic carbocycles. The summed E-state index contributed by atoms with van der Waals surface area (Å²) in [5.41, 5.74) is -15.2. The highest BCUT2D eigenvalue weighted by Crippen LogP contribution is 2.60. The number of benzene rings is 1. The van der Waals surface area contributed by atoms with E-state index in [0.29, 0.717) is 6.08 Å². The summed E-state index contributed by atoms with van der Waals surface area (Å²) in [5, 5.41) is -0.0415. The molecular weight excluding hydrogens is 560 g/mol. The number of sulfone groups is 2. The summed E-state index contributed by atoms with van der Waals surface area (Å²) in [6.07, 6.45) is -22.2. The van der Waals surface area contributed by atoms with E-state index in [1.165, 1.54) is 18.2 Å². The van der Waals surface area contributed by atoms with Crippen molar-refractivity contribution in [2.75, 3.05) is 5.75 Å². The Morgan fingerprint density at radius 2 is 1.14 bits per heavy atom. The standard InChI is InChI=1S/C17H10F12O4S2/c18-14(19,20)13(15(21,22)23,16(24,25)26)8-34(30,31)12(35(32,33)17(27,28)29)11-6-5-9-3-1-2-4-10(9)7-11/h1-5,7H,6,8H2/b12-11-. The van der Waals surface area contributed by atoms with Crippen LogP contribution in [-0.4, -0.2) is 46.6 Å². The van der Waals surface area contributed by atoms with Gasteiger partial charge in [0.15, 0.2) is 14.1 Å². The van der Waals surface area contributed by atoms with Crippen molar-refractivity contribution in [2.45, 2.75) is 30.5 Å². The van der Waals surface area contributed by atoms with Gasteiger partial charge in [-0.2, -0.15) is 52.7 Å². The lowest BCUT2D eigenvalue weighted by Crippen LogP contribution is -2.63. The number of allylic oxidation sites excluding steroid dienone is 1. The molecule has 0 amide bonds. The molecule has 1 aliphatic carbocycles. The molecule has 18 heteroatoms. The Bertz CT molecular complexity index is 1320. The molecule has 198 valence electrons. The Morgan fingerprint density at radius 3 is 1.54 bits per heavy atom. The van der Waals surface area contributed by atoms with Gasteiger partial charge in [0.05, 0.1) is 5.75 Å². The lowest BCUT2D eigenvalue weighted by atomic mass is 9.88. The second-order valence-corrected chi connectivity index (χ2v) is 11.2. The van der Waals surface area contributed by atoms with Crippen molar-refractivity contribution in [2.24, 2.45) is 5.41 Å². The zero-order valence-corrected chi connectivity index (χ0v) is 18.0. The van der Waals surface area contributed by atoms with Crippen molar-refractivity contribution >= 4 is 31.8 Å². The zero-order valence-electron chi connectivity index (χ0n) is 16.4. The molecule has 1 aliphatic rings. The molecule has 2 rings (SSSR count).